The quantitative estimate of drug-likeness (QED) is 0.686. The predicted octanol–water partition coefficient (Wildman–Crippen LogP) is 3.81. The van der Waals surface area contributed by atoms with Crippen molar-refractivity contribution in [3.05, 3.63) is 62.7 Å². The Bertz CT molecular complexity index is 659. The van der Waals surface area contributed by atoms with E-state index in [0.717, 1.165) is 5.56 Å². The van der Waals surface area contributed by atoms with Crippen molar-refractivity contribution >= 4 is 17.3 Å². The smallest absolute Gasteiger partial charge is 0.276 e. The van der Waals surface area contributed by atoms with Crippen molar-refractivity contribution in [2.75, 3.05) is 0 Å². The zero-order chi connectivity index (χ0) is 14.7. The van der Waals surface area contributed by atoms with Gasteiger partial charge in [0.15, 0.2) is 0 Å². The second kappa shape index (κ2) is 5.90. The van der Waals surface area contributed by atoms with E-state index in [1.54, 1.807) is 37.3 Å². The zero-order valence-electron chi connectivity index (χ0n) is 10.8. The molecule has 2 aromatic rings. The molecular weight excluding hydrogens is 280 g/mol. The summed E-state index contributed by atoms with van der Waals surface area (Å²) in [6.45, 7) is 1.93. The summed E-state index contributed by atoms with van der Waals surface area (Å²) in [6.07, 6.45) is 0. The van der Waals surface area contributed by atoms with Crippen molar-refractivity contribution in [1.82, 2.24) is 0 Å². The van der Waals surface area contributed by atoms with Gasteiger partial charge in [-0.25, -0.2) is 0 Å². The highest BCUT2D eigenvalue weighted by Crippen LogP contribution is 2.33. The van der Waals surface area contributed by atoms with Gasteiger partial charge in [0, 0.05) is 23.2 Å². The van der Waals surface area contributed by atoms with Crippen molar-refractivity contribution in [3.8, 4) is 11.5 Å². The fourth-order valence-corrected chi connectivity index (χ4v) is 1.98. The molecule has 0 aliphatic carbocycles. The van der Waals surface area contributed by atoms with E-state index in [0.29, 0.717) is 28.6 Å². The van der Waals surface area contributed by atoms with Gasteiger partial charge in [0.1, 0.15) is 11.5 Å². The molecule has 0 amide bonds. The van der Waals surface area contributed by atoms with Gasteiger partial charge in [0.25, 0.3) is 5.69 Å². The number of ether oxygens (including phenoxy) is 1. The van der Waals surface area contributed by atoms with Crippen LogP contribution in [-0.2, 0) is 6.54 Å². The van der Waals surface area contributed by atoms with E-state index in [1.165, 1.54) is 6.07 Å². The van der Waals surface area contributed by atoms with Crippen molar-refractivity contribution in [1.29, 1.82) is 0 Å². The van der Waals surface area contributed by atoms with Gasteiger partial charge in [0.05, 0.1) is 10.5 Å². The molecule has 0 heterocycles. The summed E-state index contributed by atoms with van der Waals surface area (Å²) in [5.41, 5.74) is 6.89. The Balaban J connectivity index is 2.42. The first-order chi connectivity index (χ1) is 9.52. The van der Waals surface area contributed by atoms with Crippen molar-refractivity contribution < 1.29 is 9.66 Å². The molecule has 2 rings (SSSR count). The van der Waals surface area contributed by atoms with Crippen LogP contribution in [0.15, 0.2) is 36.4 Å². The lowest BCUT2D eigenvalue weighted by atomic mass is 10.1. The Hall–Kier alpha value is -2.11. The van der Waals surface area contributed by atoms with Crippen LogP contribution in [0.3, 0.4) is 0 Å². The van der Waals surface area contributed by atoms with Crippen molar-refractivity contribution in [2.24, 2.45) is 5.73 Å². The molecule has 0 fully saturated rings. The third kappa shape index (κ3) is 2.89. The Labute approximate surface area is 121 Å². The average Bonchev–Trinajstić information content (AvgIpc) is 2.41. The lowest BCUT2D eigenvalue weighted by Gasteiger charge is -2.12. The fraction of sp³-hybridized carbons (Fsp3) is 0.143. The molecule has 20 heavy (non-hydrogen) atoms. The Kier molecular flexibility index (Phi) is 4.22. The number of hydrogen-bond acceptors (Lipinski definition) is 4. The molecule has 104 valence electrons. The van der Waals surface area contributed by atoms with Crippen LogP contribution in [0.25, 0.3) is 0 Å². The Morgan fingerprint density at radius 1 is 1.30 bits per heavy atom. The largest absolute Gasteiger partial charge is 0.456 e. The third-order valence-corrected chi connectivity index (χ3v) is 3.16. The maximum Gasteiger partial charge on any atom is 0.276 e. The maximum absolute atomic E-state index is 10.9. The van der Waals surface area contributed by atoms with E-state index in [4.69, 9.17) is 22.1 Å². The third-order valence-electron chi connectivity index (χ3n) is 2.92. The van der Waals surface area contributed by atoms with Crippen LogP contribution >= 0.6 is 11.6 Å². The van der Waals surface area contributed by atoms with E-state index in [2.05, 4.69) is 0 Å². The molecule has 0 saturated heterocycles. The molecule has 0 radical (unpaired) electrons. The molecule has 0 aliphatic heterocycles. The van der Waals surface area contributed by atoms with Gasteiger partial charge in [-0.15, -0.1) is 0 Å². The van der Waals surface area contributed by atoms with E-state index in [-0.39, 0.29) is 5.69 Å². The highest BCUT2D eigenvalue weighted by molar-refractivity contribution is 6.30. The molecule has 2 aromatic carbocycles. The molecular formula is C14H13ClN2O3. The Morgan fingerprint density at radius 3 is 2.70 bits per heavy atom. The molecule has 2 N–H and O–H groups in total. The molecule has 5 nitrogen and oxygen atoms in total. The van der Waals surface area contributed by atoms with Crippen LogP contribution in [0, 0.1) is 17.0 Å². The van der Waals surface area contributed by atoms with Crippen molar-refractivity contribution in [3.63, 3.8) is 0 Å². The first-order valence-electron chi connectivity index (χ1n) is 5.93. The summed E-state index contributed by atoms with van der Waals surface area (Å²) in [5.74, 6) is 0.916. The van der Waals surface area contributed by atoms with E-state index >= 15 is 0 Å². The lowest BCUT2D eigenvalue weighted by Crippen LogP contribution is -2.00. The molecule has 0 bridgehead atoms. The number of halogens is 1. The van der Waals surface area contributed by atoms with Crippen molar-refractivity contribution in [2.45, 2.75) is 13.5 Å². The maximum atomic E-state index is 10.9. The summed E-state index contributed by atoms with van der Waals surface area (Å²) in [6, 6.07) is 9.81. The van der Waals surface area contributed by atoms with Gasteiger partial charge in [-0.3, -0.25) is 10.1 Å². The summed E-state index contributed by atoms with van der Waals surface area (Å²) < 4.78 is 5.73. The highest BCUT2D eigenvalue weighted by atomic mass is 35.5. The van der Waals surface area contributed by atoms with Gasteiger partial charge in [-0.05, 0) is 25.1 Å². The van der Waals surface area contributed by atoms with Crippen LogP contribution in [0.4, 0.5) is 5.69 Å². The standard InChI is InChI=1S/C14H13ClN2O3/c1-9-12(17(18)19)3-2-4-13(9)20-14-7-11(15)6-5-10(14)8-16/h2-7H,8,16H2,1H3. The normalized spacial score (nSPS) is 10.3. The number of rotatable bonds is 4. The van der Waals surface area contributed by atoms with E-state index < -0.39 is 4.92 Å². The van der Waals surface area contributed by atoms with Gasteiger partial charge in [-0.2, -0.15) is 0 Å². The van der Waals surface area contributed by atoms with Gasteiger partial charge in [0.2, 0.25) is 0 Å². The first-order valence-corrected chi connectivity index (χ1v) is 6.31. The van der Waals surface area contributed by atoms with Gasteiger partial charge < -0.3 is 10.5 Å². The predicted molar refractivity (Wildman–Crippen MR) is 77.3 cm³/mol. The fourth-order valence-electron chi connectivity index (χ4n) is 1.82. The number of nitro benzene ring substituents is 1. The number of nitrogens with two attached hydrogens (primary N) is 1. The molecule has 0 saturated carbocycles. The van der Waals surface area contributed by atoms with Crippen LogP contribution in [0.2, 0.25) is 5.02 Å². The number of nitrogens with zero attached hydrogens (tertiary/aromatic N) is 1. The Morgan fingerprint density at radius 2 is 2.05 bits per heavy atom. The summed E-state index contributed by atoms with van der Waals surface area (Å²) >= 11 is 5.93. The molecule has 0 atom stereocenters. The summed E-state index contributed by atoms with van der Waals surface area (Å²) in [7, 11) is 0. The number of hydrogen-bond donors (Lipinski definition) is 1. The SMILES string of the molecule is Cc1c(Oc2cc(Cl)ccc2CN)cccc1[N+](=O)[O-]. The van der Waals surface area contributed by atoms with E-state index in [9.17, 15) is 10.1 Å². The monoisotopic (exact) mass is 292 g/mol. The molecule has 6 heteroatoms. The van der Waals surface area contributed by atoms with Gasteiger partial charge >= 0.3 is 0 Å². The minimum Gasteiger partial charge on any atom is -0.456 e. The summed E-state index contributed by atoms with van der Waals surface area (Å²) in [5, 5.41) is 11.4. The summed E-state index contributed by atoms with van der Waals surface area (Å²) in [4.78, 5) is 10.5. The van der Waals surface area contributed by atoms with Crippen LogP contribution < -0.4 is 10.5 Å². The van der Waals surface area contributed by atoms with Crippen LogP contribution in [0.5, 0.6) is 11.5 Å². The molecule has 0 spiro atoms. The zero-order valence-corrected chi connectivity index (χ0v) is 11.6. The highest BCUT2D eigenvalue weighted by Gasteiger charge is 2.15. The lowest BCUT2D eigenvalue weighted by molar-refractivity contribution is -0.385. The average molecular weight is 293 g/mol. The van der Waals surface area contributed by atoms with Crippen LogP contribution in [-0.4, -0.2) is 4.92 Å². The van der Waals surface area contributed by atoms with Gasteiger partial charge in [-0.1, -0.05) is 23.7 Å². The number of nitro groups is 1. The molecule has 0 unspecified atom stereocenters. The first kappa shape index (κ1) is 14.3. The molecule has 0 aliphatic rings. The van der Waals surface area contributed by atoms with E-state index in [1.807, 2.05) is 0 Å². The number of benzene rings is 2. The minimum atomic E-state index is -0.440. The second-order valence-electron chi connectivity index (χ2n) is 4.22. The second-order valence-corrected chi connectivity index (χ2v) is 4.65. The topological polar surface area (TPSA) is 78.4 Å². The minimum absolute atomic E-state index is 0.0128. The molecule has 0 aromatic heterocycles. The van der Waals surface area contributed by atoms with Crippen LogP contribution in [0.1, 0.15) is 11.1 Å².